The average Bonchev–Trinajstić information content (AvgIpc) is 3.18. The molecule has 1 aromatic heterocycles. The van der Waals surface area contributed by atoms with Gasteiger partial charge in [0.15, 0.2) is 11.6 Å². The molecule has 0 radical (unpaired) electrons. The maximum Gasteiger partial charge on any atom is 0.227 e. The van der Waals surface area contributed by atoms with Gasteiger partial charge < -0.3 is 10.0 Å². The molecule has 0 saturated heterocycles. The Bertz CT molecular complexity index is 939. The van der Waals surface area contributed by atoms with E-state index in [-0.39, 0.29) is 5.75 Å². The van der Waals surface area contributed by atoms with Gasteiger partial charge in [0.2, 0.25) is 5.95 Å². The van der Waals surface area contributed by atoms with Crippen LogP contribution in [0.2, 0.25) is 0 Å². The second-order valence-electron chi connectivity index (χ2n) is 6.40. The van der Waals surface area contributed by atoms with E-state index in [4.69, 9.17) is 0 Å². The Morgan fingerprint density at radius 3 is 2.35 bits per heavy atom. The zero-order chi connectivity index (χ0) is 18.3. The predicted molar refractivity (Wildman–Crippen MR) is 92.9 cm³/mol. The smallest absolute Gasteiger partial charge is 0.227 e. The molecule has 0 bridgehead atoms. The third kappa shape index (κ3) is 2.89. The molecule has 0 saturated carbocycles. The second kappa shape index (κ2) is 6.40. The lowest BCUT2D eigenvalue weighted by molar-refractivity contribution is 0.474. The van der Waals surface area contributed by atoms with E-state index in [1.807, 2.05) is 22.5 Å². The highest BCUT2D eigenvalue weighted by Gasteiger charge is 2.26. The van der Waals surface area contributed by atoms with Gasteiger partial charge in [-0.25, -0.2) is 8.78 Å². The molecule has 0 amide bonds. The Kier molecular flexibility index (Phi) is 4.06. The summed E-state index contributed by atoms with van der Waals surface area (Å²) >= 11 is 0. The molecule has 0 spiro atoms. The Hall–Kier alpha value is -2.96. The zero-order valence-corrected chi connectivity index (χ0v) is 14.3. The van der Waals surface area contributed by atoms with Gasteiger partial charge in [-0.3, -0.25) is 4.57 Å². The molecule has 0 atom stereocenters. The number of halogens is 2. The molecule has 0 unspecified atom stereocenters. The molecule has 1 aliphatic heterocycles. The fraction of sp³-hybridized carbons (Fsp3) is 0.263. The molecule has 3 aromatic rings. The van der Waals surface area contributed by atoms with Crippen molar-refractivity contribution in [1.29, 1.82) is 0 Å². The Balaban J connectivity index is 1.61. The number of anilines is 1. The summed E-state index contributed by atoms with van der Waals surface area (Å²) < 4.78 is 29.0. The first-order valence-corrected chi connectivity index (χ1v) is 8.47. The number of phenols is 1. The van der Waals surface area contributed by atoms with Crippen LogP contribution in [0.4, 0.5) is 14.7 Å². The molecule has 7 heteroatoms. The van der Waals surface area contributed by atoms with Gasteiger partial charge in [0.05, 0.1) is 0 Å². The standard InChI is InChI=1S/C19H18F2N4O/c1-2-25-18(7-12-4-3-5-15(26)6-12)22-23-19(25)24-10-13-8-16(20)17(21)9-14(13)11-24/h3-6,8-9,26H,2,7,10-11H2,1H3. The molecule has 26 heavy (non-hydrogen) atoms. The van der Waals surface area contributed by atoms with E-state index in [1.165, 1.54) is 12.1 Å². The summed E-state index contributed by atoms with van der Waals surface area (Å²) in [6.07, 6.45) is 0.541. The van der Waals surface area contributed by atoms with Crippen molar-refractivity contribution >= 4 is 5.95 Å². The van der Waals surface area contributed by atoms with Crippen molar-refractivity contribution < 1.29 is 13.9 Å². The van der Waals surface area contributed by atoms with Gasteiger partial charge in [-0.1, -0.05) is 12.1 Å². The lowest BCUT2D eigenvalue weighted by atomic mass is 10.1. The van der Waals surface area contributed by atoms with Gasteiger partial charge in [-0.2, -0.15) is 0 Å². The number of hydrogen-bond donors (Lipinski definition) is 1. The molecule has 0 aliphatic carbocycles. The number of hydrogen-bond acceptors (Lipinski definition) is 4. The molecule has 2 aromatic carbocycles. The minimum absolute atomic E-state index is 0.212. The SMILES string of the molecule is CCn1c(Cc2cccc(O)c2)nnc1N1Cc2cc(F)c(F)cc2C1. The largest absolute Gasteiger partial charge is 0.508 e. The van der Waals surface area contributed by atoms with Crippen LogP contribution < -0.4 is 4.90 Å². The minimum atomic E-state index is -0.827. The molecule has 1 aliphatic rings. The summed E-state index contributed by atoms with van der Waals surface area (Å²) in [5, 5.41) is 18.2. The lowest BCUT2D eigenvalue weighted by Gasteiger charge is -2.17. The molecular weight excluding hydrogens is 338 g/mol. The molecule has 134 valence electrons. The highest BCUT2D eigenvalue weighted by molar-refractivity contribution is 5.44. The number of rotatable bonds is 4. The first kappa shape index (κ1) is 16.5. The van der Waals surface area contributed by atoms with Gasteiger partial charge in [-0.05, 0) is 47.9 Å². The number of aromatic hydroxyl groups is 1. The average molecular weight is 356 g/mol. The van der Waals surface area contributed by atoms with Crippen molar-refractivity contribution in [2.75, 3.05) is 4.90 Å². The number of aromatic nitrogens is 3. The topological polar surface area (TPSA) is 54.2 Å². The van der Waals surface area contributed by atoms with E-state index < -0.39 is 11.6 Å². The van der Waals surface area contributed by atoms with E-state index in [2.05, 4.69) is 10.2 Å². The highest BCUT2D eigenvalue weighted by Crippen LogP contribution is 2.29. The molecular formula is C19H18F2N4O. The third-order valence-electron chi connectivity index (χ3n) is 4.64. The Labute approximate surface area is 149 Å². The minimum Gasteiger partial charge on any atom is -0.508 e. The van der Waals surface area contributed by atoms with Crippen molar-refractivity contribution in [3.63, 3.8) is 0 Å². The lowest BCUT2D eigenvalue weighted by Crippen LogP contribution is -2.20. The fourth-order valence-electron chi connectivity index (χ4n) is 3.40. The highest BCUT2D eigenvalue weighted by atomic mass is 19.2. The van der Waals surface area contributed by atoms with Crippen molar-refractivity contribution in [2.45, 2.75) is 33.0 Å². The maximum absolute atomic E-state index is 13.5. The van der Waals surface area contributed by atoms with E-state index in [0.29, 0.717) is 32.0 Å². The van der Waals surface area contributed by atoms with Crippen LogP contribution in [0.3, 0.4) is 0 Å². The summed E-state index contributed by atoms with van der Waals surface area (Å²) in [7, 11) is 0. The van der Waals surface area contributed by atoms with Crippen molar-refractivity contribution in [2.24, 2.45) is 0 Å². The first-order chi connectivity index (χ1) is 12.5. The van der Waals surface area contributed by atoms with Crippen molar-refractivity contribution in [1.82, 2.24) is 14.8 Å². The van der Waals surface area contributed by atoms with Crippen LogP contribution in [0.25, 0.3) is 0 Å². The van der Waals surface area contributed by atoms with Gasteiger partial charge in [0.1, 0.15) is 11.6 Å². The van der Waals surface area contributed by atoms with Crippen LogP contribution in [0, 0.1) is 11.6 Å². The summed E-state index contributed by atoms with van der Waals surface area (Å²) in [5.41, 5.74) is 2.47. The van der Waals surface area contributed by atoms with Gasteiger partial charge in [-0.15, -0.1) is 10.2 Å². The number of nitrogens with zero attached hydrogens (tertiary/aromatic N) is 4. The van der Waals surface area contributed by atoms with Crippen LogP contribution in [0.5, 0.6) is 5.75 Å². The summed E-state index contributed by atoms with van der Waals surface area (Å²) in [5.74, 6) is 0.0182. The number of phenolic OH excluding ortho intramolecular Hbond substituents is 1. The summed E-state index contributed by atoms with van der Waals surface area (Å²) in [4.78, 5) is 1.96. The van der Waals surface area contributed by atoms with Crippen LogP contribution in [-0.4, -0.2) is 19.9 Å². The van der Waals surface area contributed by atoms with Crippen molar-refractivity contribution in [3.05, 3.63) is 70.5 Å². The van der Waals surface area contributed by atoms with Crippen LogP contribution in [0.1, 0.15) is 29.4 Å². The normalized spacial score (nSPS) is 13.3. The van der Waals surface area contributed by atoms with E-state index in [1.54, 1.807) is 18.2 Å². The zero-order valence-electron chi connectivity index (χ0n) is 14.3. The predicted octanol–water partition coefficient (Wildman–Crippen LogP) is 3.39. The summed E-state index contributed by atoms with van der Waals surface area (Å²) in [6.45, 7) is 3.61. The maximum atomic E-state index is 13.5. The summed E-state index contributed by atoms with van der Waals surface area (Å²) in [6, 6.07) is 9.55. The number of fused-ring (bicyclic) bond motifs is 1. The fourth-order valence-corrected chi connectivity index (χ4v) is 3.40. The monoisotopic (exact) mass is 356 g/mol. The van der Waals surface area contributed by atoms with E-state index in [9.17, 15) is 13.9 Å². The molecule has 0 fully saturated rings. The van der Waals surface area contributed by atoms with Crippen LogP contribution in [-0.2, 0) is 26.1 Å². The van der Waals surface area contributed by atoms with E-state index >= 15 is 0 Å². The Morgan fingerprint density at radius 1 is 1.04 bits per heavy atom. The number of benzene rings is 2. The van der Waals surface area contributed by atoms with Gasteiger partial charge in [0.25, 0.3) is 0 Å². The van der Waals surface area contributed by atoms with Crippen LogP contribution >= 0.6 is 0 Å². The molecule has 5 nitrogen and oxygen atoms in total. The van der Waals surface area contributed by atoms with Crippen molar-refractivity contribution in [3.8, 4) is 5.75 Å². The molecule has 4 rings (SSSR count). The van der Waals surface area contributed by atoms with E-state index in [0.717, 1.165) is 22.5 Å². The van der Waals surface area contributed by atoms with Gasteiger partial charge in [0, 0.05) is 26.1 Å². The quantitative estimate of drug-likeness (QED) is 0.779. The van der Waals surface area contributed by atoms with Gasteiger partial charge >= 0.3 is 0 Å². The Morgan fingerprint density at radius 2 is 1.73 bits per heavy atom. The first-order valence-electron chi connectivity index (χ1n) is 8.47. The second-order valence-corrected chi connectivity index (χ2v) is 6.40. The van der Waals surface area contributed by atoms with Crippen LogP contribution in [0.15, 0.2) is 36.4 Å². The molecule has 1 N–H and O–H groups in total. The molecule has 2 heterocycles. The third-order valence-corrected chi connectivity index (χ3v) is 4.64.